The molecule has 0 spiro atoms. The molecule has 0 saturated heterocycles. The van der Waals surface area contributed by atoms with Crippen molar-refractivity contribution in [3.63, 3.8) is 0 Å². The van der Waals surface area contributed by atoms with Crippen LogP contribution in [0.1, 0.15) is 19.3 Å². The number of carboxylic acid groups (broad SMARTS) is 1. The summed E-state index contributed by atoms with van der Waals surface area (Å²) < 4.78 is 25.4. The molecule has 0 aliphatic heterocycles. The maximum atomic E-state index is 12.7. The maximum Gasteiger partial charge on any atom is 0.306 e. The number of halogens is 2. The van der Waals surface area contributed by atoms with Crippen molar-refractivity contribution < 1.29 is 18.7 Å². The molecule has 0 heterocycles. The zero-order chi connectivity index (χ0) is 9.35. The number of carbonyl (C=O) groups is 1. The molecule has 1 fully saturated rings. The number of rotatable bonds is 1. The lowest BCUT2D eigenvalue weighted by molar-refractivity contribution is -0.149. The van der Waals surface area contributed by atoms with Crippen molar-refractivity contribution in [1.82, 2.24) is 0 Å². The van der Waals surface area contributed by atoms with Crippen LogP contribution in [0.25, 0.3) is 0 Å². The smallest absolute Gasteiger partial charge is 0.306 e. The van der Waals surface area contributed by atoms with Crippen molar-refractivity contribution >= 4 is 5.97 Å². The number of alkyl halides is 2. The van der Waals surface area contributed by atoms with E-state index in [-0.39, 0.29) is 6.42 Å². The lowest BCUT2D eigenvalue weighted by atomic mass is 9.84. The molecule has 12 heavy (non-hydrogen) atoms. The van der Waals surface area contributed by atoms with Crippen LogP contribution in [0.4, 0.5) is 8.78 Å². The fraction of sp³-hybridized carbons (Fsp3) is 0.857. The summed E-state index contributed by atoms with van der Waals surface area (Å²) in [5.74, 6) is -5.06. The van der Waals surface area contributed by atoms with E-state index in [1.807, 2.05) is 0 Å². The molecule has 0 bridgehead atoms. The molecule has 0 unspecified atom stereocenters. The second-order valence-corrected chi connectivity index (χ2v) is 3.30. The first kappa shape index (κ1) is 9.38. The van der Waals surface area contributed by atoms with Gasteiger partial charge in [0, 0.05) is 18.9 Å². The second-order valence-electron chi connectivity index (χ2n) is 3.30. The van der Waals surface area contributed by atoms with Gasteiger partial charge in [0.15, 0.2) is 0 Å². The van der Waals surface area contributed by atoms with Crippen LogP contribution in [0.3, 0.4) is 0 Å². The summed E-state index contributed by atoms with van der Waals surface area (Å²) in [4.78, 5) is 10.4. The van der Waals surface area contributed by atoms with Crippen LogP contribution in [0.15, 0.2) is 0 Å². The summed E-state index contributed by atoms with van der Waals surface area (Å²) in [7, 11) is 0. The monoisotopic (exact) mass is 179 g/mol. The Morgan fingerprint density at radius 2 is 2.08 bits per heavy atom. The Morgan fingerprint density at radius 1 is 1.50 bits per heavy atom. The van der Waals surface area contributed by atoms with Crippen molar-refractivity contribution in [1.29, 1.82) is 0 Å². The van der Waals surface area contributed by atoms with Gasteiger partial charge in [-0.2, -0.15) is 0 Å². The molecule has 2 atom stereocenters. The van der Waals surface area contributed by atoms with Gasteiger partial charge in [0.25, 0.3) is 5.92 Å². The normalized spacial score (nSPS) is 34.6. The average molecular weight is 179 g/mol. The van der Waals surface area contributed by atoms with Crippen LogP contribution in [-0.2, 0) is 4.79 Å². The van der Waals surface area contributed by atoms with Gasteiger partial charge in [0.2, 0.25) is 0 Å². The number of hydrogen-bond donors (Lipinski definition) is 2. The van der Waals surface area contributed by atoms with Crippen LogP contribution >= 0.6 is 0 Å². The van der Waals surface area contributed by atoms with Crippen LogP contribution in [-0.4, -0.2) is 23.0 Å². The molecule has 0 amide bonds. The van der Waals surface area contributed by atoms with Crippen molar-refractivity contribution in [2.24, 2.45) is 11.7 Å². The Bertz CT molecular complexity index is 196. The minimum atomic E-state index is -2.90. The van der Waals surface area contributed by atoms with E-state index < -0.39 is 36.7 Å². The summed E-state index contributed by atoms with van der Waals surface area (Å²) in [6.45, 7) is 0. The van der Waals surface area contributed by atoms with E-state index in [0.29, 0.717) is 0 Å². The minimum absolute atomic E-state index is 0.158. The van der Waals surface area contributed by atoms with Crippen molar-refractivity contribution in [3.05, 3.63) is 0 Å². The Hall–Kier alpha value is -0.710. The van der Waals surface area contributed by atoms with Crippen molar-refractivity contribution in [3.8, 4) is 0 Å². The predicted octanol–water partition coefficient (Wildman–Crippen LogP) is 0.834. The van der Waals surface area contributed by atoms with Crippen LogP contribution in [0, 0.1) is 5.92 Å². The van der Waals surface area contributed by atoms with Crippen molar-refractivity contribution in [2.75, 3.05) is 0 Å². The SMILES string of the molecule is N[C@@H]1C[C@H](C(=O)O)CC(F)(F)C1. The van der Waals surface area contributed by atoms with Crippen molar-refractivity contribution in [2.45, 2.75) is 31.2 Å². The molecule has 5 heteroatoms. The van der Waals surface area contributed by atoms with E-state index in [2.05, 4.69) is 0 Å². The fourth-order valence-corrected chi connectivity index (χ4v) is 1.55. The third-order valence-electron chi connectivity index (χ3n) is 2.04. The van der Waals surface area contributed by atoms with Crippen LogP contribution in [0.2, 0.25) is 0 Å². The molecule has 0 aromatic carbocycles. The molecule has 3 nitrogen and oxygen atoms in total. The molecule has 0 radical (unpaired) electrons. The third kappa shape index (κ3) is 2.14. The summed E-state index contributed by atoms with van der Waals surface area (Å²) in [5.41, 5.74) is 5.30. The summed E-state index contributed by atoms with van der Waals surface area (Å²) >= 11 is 0. The quantitative estimate of drug-likeness (QED) is 0.626. The van der Waals surface area contributed by atoms with Gasteiger partial charge in [-0.25, -0.2) is 8.78 Å². The molecule has 1 aliphatic rings. The minimum Gasteiger partial charge on any atom is -0.481 e. The van der Waals surface area contributed by atoms with E-state index in [1.165, 1.54) is 0 Å². The van der Waals surface area contributed by atoms with E-state index in [9.17, 15) is 13.6 Å². The fourth-order valence-electron chi connectivity index (χ4n) is 1.55. The predicted molar refractivity (Wildman–Crippen MR) is 37.9 cm³/mol. The largest absolute Gasteiger partial charge is 0.481 e. The lowest BCUT2D eigenvalue weighted by Gasteiger charge is -2.30. The maximum absolute atomic E-state index is 12.7. The van der Waals surface area contributed by atoms with Gasteiger partial charge in [0.05, 0.1) is 5.92 Å². The van der Waals surface area contributed by atoms with Gasteiger partial charge in [-0.1, -0.05) is 0 Å². The zero-order valence-corrected chi connectivity index (χ0v) is 6.46. The number of carboxylic acids is 1. The third-order valence-corrected chi connectivity index (χ3v) is 2.04. The molecular weight excluding hydrogens is 168 g/mol. The Labute approximate surface area is 68.5 Å². The highest BCUT2D eigenvalue weighted by molar-refractivity contribution is 5.70. The van der Waals surface area contributed by atoms with Gasteiger partial charge in [-0.15, -0.1) is 0 Å². The first-order valence-corrected chi connectivity index (χ1v) is 3.77. The van der Waals surface area contributed by atoms with Gasteiger partial charge in [-0.3, -0.25) is 4.79 Å². The van der Waals surface area contributed by atoms with E-state index in [0.717, 1.165) is 0 Å². The van der Waals surface area contributed by atoms with Gasteiger partial charge in [0.1, 0.15) is 0 Å². The van der Waals surface area contributed by atoms with Crippen LogP contribution < -0.4 is 5.73 Å². The first-order valence-electron chi connectivity index (χ1n) is 3.77. The van der Waals surface area contributed by atoms with Gasteiger partial charge in [-0.05, 0) is 6.42 Å². The molecule has 0 aromatic heterocycles. The Kier molecular flexibility index (Phi) is 2.32. The topological polar surface area (TPSA) is 63.3 Å². The zero-order valence-electron chi connectivity index (χ0n) is 6.46. The van der Waals surface area contributed by atoms with Gasteiger partial charge < -0.3 is 10.8 Å². The number of hydrogen-bond acceptors (Lipinski definition) is 2. The molecule has 70 valence electrons. The second kappa shape index (κ2) is 2.97. The van der Waals surface area contributed by atoms with E-state index in [4.69, 9.17) is 10.8 Å². The highest BCUT2D eigenvalue weighted by atomic mass is 19.3. The van der Waals surface area contributed by atoms with Crippen LogP contribution in [0.5, 0.6) is 0 Å². The number of nitrogens with two attached hydrogens (primary N) is 1. The highest BCUT2D eigenvalue weighted by Crippen LogP contribution is 2.36. The molecule has 0 aromatic rings. The Morgan fingerprint density at radius 3 is 2.50 bits per heavy atom. The molecule has 1 aliphatic carbocycles. The molecule has 1 rings (SSSR count). The lowest BCUT2D eigenvalue weighted by Crippen LogP contribution is -2.41. The molecule has 1 saturated carbocycles. The summed E-state index contributed by atoms with van der Waals surface area (Å²) in [6, 6.07) is -0.685. The van der Waals surface area contributed by atoms with E-state index in [1.54, 1.807) is 0 Å². The highest BCUT2D eigenvalue weighted by Gasteiger charge is 2.42. The summed E-state index contributed by atoms with van der Waals surface area (Å²) in [5, 5.41) is 8.50. The molecular formula is C7H11F2NO2. The first-order chi connectivity index (χ1) is 5.41. The standard InChI is InChI=1S/C7H11F2NO2/c8-7(9)2-4(6(11)12)1-5(10)3-7/h4-5H,1-3,10H2,(H,11,12)/t4-,5+/m0/s1. The summed E-state index contributed by atoms with van der Waals surface area (Å²) in [6.07, 6.45) is -0.808. The van der Waals surface area contributed by atoms with Gasteiger partial charge >= 0.3 is 5.97 Å². The Balaban J connectivity index is 2.64. The number of aliphatic carboxylic acids is 1. The van der Waals surface area contributed by atoms with E-state index >= 15 is 0 Å². The molecule has 3 N–H and O–H groups in total. The average Bonchev–Trinajstić information content (AvgIpc) is 1.82.